The SMILES string of the molecule is O=[N+]([O-])c1ccc2c(c1)C1CC(CBr)C2c2cc([N+](=O)[O-])ccc21. The van der Waals surface area contributed by atoms with E-state index in [1.165, 1.54) is 12.1 Å². The van der Waals surface area contributed by atoms with Crippen molar-refractivity contribution in [2.45, 2.75) is 18.3 Å². The van der Waals surface area contributed by atoms with E-state index in [4.69, 9.17) is 0 Å². The molecule has 0 saturated carbocycles. The summed E-state index contributed by atoms with van der Waals surface area (Å²) in [6.07, 6.45) is 0.898. The van der Waals surface area contributed by atoms with Gasteiger partial charge in [-0.05, 0) is 34.6 Å². The minimum Gasteiger partial charge on any atom is -0.258 e. The second kappa shape index (κ2) is 5.37. The van der Waals surface area contributed by atoms with Crippen molar-refractivity contribution in [1.82, 2.24) is 0 Å². The van der Waals surface area contributed by atoms with Gasteiger partial charge in [-0.2, -0.15) is 0 Å². The molecule has 3 atom stereocenters. The molecule has 122 valence electrons. The zero-order valence-electron chi connectivity index (χ0n) is 12.5. The Morgan fingerprint density at radius 3 is 2.08 bits per heavy atom. The number of rotatable bonds is 3. The lowest BCUT2D eigenvalue weighted by atomic mass is 9.59. The first-order chi connectivity index (χ1) is 11.5. The topological polar surface area (TPSA) is 86.3 Å². The molecule has 0 spiro atoms. The van der Waals surface area contributed by atoms with Gasteiger partial charge in [0.2, 0.25) is 0 Å². The van der Waals surface area contributed by atoms with Gasteiger partial charge in [0, 0.05) is 41.4 Å². The standard InChI is InChI=1S/C17H13BrN2O4/c18-8-9-5-14-12-3-1-11(20(23)24)7-16(12)17(9)13-4-2-10(19(21)22)6-15(13)14/h1-4,6-7,9,14,17H,5,8H2. The van der Waals surface area contributed by atoms with Crippen LogP contribution in [0.5, 0.6) is 0 Å². The van der Waals surface area contributed by atoms with Crippen LogP contribution in [-0.2, 0) is 0 Å². The average Bonchev–Trinajstić information content (AvgIpc) is 2.60. The van der Waals surface area contributed by atoms with Gasteiger partial charge < -0.3 is 0 Å². The number of nitrogens with zero attached hydrogens (tertiary/aromatic N) is 2. The summed E-state index contributed by atoms with van der Waals surface area (Å²) >= 11 is 3.56. The number of alkyl halides is 1. The quantitative estimate of drug-likeness (QED) is 0.440. The van der Waals surface area contributed by atoms with E-state index in [2.05, 4.69) is 15.9 Å². The molecule has 3 aliphatic carbocycles. The van der Waals surface area contributed by atoms with E-state index in [1.54, 1.807) is 12.1 Å². The van der Waals surface area contributed by atoms with Gasteiger partial charge in [-0.15, -0.1) is 0 Å². The molecule has 2 aromatic carbocycles. The number of nitro benzene ring substituents is 2. The Bertz CT molecular complexity index is 883. The van der Waals surface area contributed by atoms with Crippen molar-refractivity contribution in [2.75, 3.05) is 5.33 Å². The molecular formula is C17H13BrN2O4. The van der Waals surface area contributed by atoms with Gasteiger partial charge in [0.1, 0.15) is 0 Å². The molecule has 0 heterocycles. The highest BCUT2D eigenvalue weighted by molar-refractivity contribution is 9.09. The van der Waals surface area contributed by atoms with Gasteiger partial charge in [-0.25, -0.2) is 0 Å². The molecule has 0 amide bonds. The van der Waals surface area contributed by atoms with Gasteiger partial charge in [0.25, 0.3) is 11.4 Å². The fourth-order valence-corrected chi connectivity index (χ4v) is 4.85. The largest absolute Gasteiger partial charge is 0.269 e. The van der Waals surface area contributed by atoms with Crippen LogP contribution in [0.4, 0.5) is 11.4 Å². The van der Waals surface area contributed by atoms with Crippen LogP contribution in [0.1, 0.15) is 40.5 Å². The lowest BCUT2D eigenvalue weighted by Gasteiger charge is -2.44. The third-order valence-electron chi connectivity index (χ3n) is 5.19. The fourth-order valence-electron chi connectivity index (χ4n) is 4.21. The molecule has 0 saturated heterocycles. The first kappa shape index (κ1) is 15.3. The highest BCUT2D eigenvalue weighted by Gasteiger charge is 2.44. The average molecular weight is 389 g/mol. The molecule has 0 fully saturated rings. The second-order valence-electron chi connectivity index (χ2n) is 6.32. The zero-order chi connectivity index (χ0) is 17.0. The first-order valence-corrected chi connectivity index (χ1v) is 8.76. The predicted octanol–water partition coefficient (Wildman–Crippen LogP) is 4.50. The van der Waals surface area contributed by atoms with Crippen LogP contribution in [-0.4, -0.2) is 15.2 Å². The maximum absolute atomic E-state index is 11.1. The number of non-ortho nitro benzene ring substituents is 2. The molecule has 0 aromatic heterocycles. The monoisotopic (exact) mass is 388 g/mol. The van der Waals surface area contributed by atoms with Crippen molar-refractivity contribution in [3.8, 4) is 0 Å². The number of hydrogen-bond acceptors (Lipinski definition) is 4. The van der Waals surface area contributed by atoms with Crippen molar-refractivity contribution >= 4 is 27.3 Å². The predicted molar refractivity (Wildman–Crippen MR) is 91.8 cm³/mol. The smallest absolute Gasteiger partial charge is 0.258 e. The fraction of sp³-hybridized carbons (Fsp3) is 0.294. The van der Waals surface area contributed by atoms with Crippen molar-refractivity contribution in [3.05, 3.63) is 78.9 Å². The van der Waals surface area contributed by atoms with Crippen LogP contribution >= 0.6 is 15.9 Å². The van der Waals surface area contributed by atoms with E-state index in [1.807, 2.05) is 12.1 Å². The molecular weight excluding hydrogens is 376 g/mol. The molecule has 6 nitrogen and oxygen atoms in total. The van der Waals surface area contributed by atoms with Crippen LogP contribution < -0.4 is 0 Å². The Morgan fingerprint density at radius 2 is 1.50 bits per heavy atom. The summed E-state index contributed by atoms with van der Waals surface area (Å²) in [6, 6.07) is 10.0. The molecule has 0 N–H and O–H groups in total. The first-order valence-electron chi connectivity index (χ1n) is 7.63. The van der Waals surface area contributed by atoms with Crippen LogP contribution in [0.3, 0.4) is 0 Å². The van der Waals surface area contributed by atoms with Crippen LogP contribution in [0.15, 0.2) is 36.4 Å². The summed E-state index contributed by atoms with van der Waals surface area (Å²) < 4.78 is 0. The molecule has 3 aliphatic rings. The van der Waals surface area contributed by atoms with Crippen molar-refractivity contribution in [2.24, 2.45) is 5.92 Å². The van der Waals surface area contributed by atoms with Gasteiger partial charge in [0.15, 0.2) is 0 Å². The minimum atomic E-state index is -0.374. The number of fused-ring (bicyclic) bond motifs is 1. The highest BCUT2D eigenvalue weighted by atomic mass is 79.9. The summed E-state index contributed by atoms with van der Waals surface area (Å²) in [5, 5.41) is 23.0. The highest BCUT2D eigenvalue weighted by Crippen LogP contribution is 2.56. The lowest BCUT2D eigenvalue weighted by Crippen LogP contribution is -2.33. The molecule has 0 radical (unpaired) electrons. The Labute approximate surface area is 145 Å². The number of benzene rings is 2. The molecule has 0 aliphatic heterocycles. The molecule has 5 rings (SSSR count). The van der Waals surface area contributed by atoms with E-state index in [0.29, 0.717) is 5.92 Å². The summed E-state index contributed by atoms with van der Waals surface area (Å²) in [5.41, 5.74) is 4.31. The van der Waals surface area contributed by atoms with Crippen LogP contribution in [0.25, 0.3) is 0 Å². The zero-order valence-corrected chi connectivity index (χ0v) is 14.1. The minimum absolute atomic E-state index is 0.0417. The van der Waals surface area contributed by atoms with E-state index < -0.39 is 0 Å². The summed E-state index contributed by atoms with van der Waals surface area (Å²) in [4.78, 5) is 21.5. The summed E-state index contributed by atoms with van der Waals surface area (Å²) in [5.74, 6) is 0.432. The molecule has 2 bridgehead atoms. The Morgan fingerprint density at radius 1 is 0.917 bits per heavy atom. The normalized spacial score (nSPS) is 23.5. The molecule has 3 unspecified atom stereocenters. The van der Waals surface area contributed by atoms with Gasteiger partial charge in [0.05, 0.1) is 9.85 Å². The second-order valence-corrected chi connectivity index (χ2v) is 6.97. The maximum Gasteiger partial charge on any atom is 0.269 e. The molecule has 24 heavy (non-hydrogen) atoms. The van der Waals surface area contributed by atoms with E-state index in [9.17, 15) is 20.2 Å². The third-order valence-corrected chi connectivity index (χ3v) is 6.02. The van der Waals surface area contributed by atoms with Gasteiger partial charge in [-0.1, -0.05) is 28.1 Å². The molecule has 7 heteroatoms. The van der Waals surface area contributed by atoms with Gasteiger partial charge >= 0.3 is 0 Å². The number of hydrogen-bond donors (Lipinski definition) is 0. The number of halogens is 1. The Hall–Kier alpha value is -2.28. The number of nitro groups is 2. The van der Waals surface area contributed by atoms with Crippen molar-refractivity contribution < 1.29 is 9.85 Å². The Balaban J connectivity index is 1.93. The molecule has 2 aromatic rings. The summed E-state index contributed by atoms with van der Waals surface area (Å²) in [7, 11) is 0. The van der Waals surface area contributed by atoms with Gasteiger partial charge in [-0.3, -0.25) is 20.2 Å². The van der Waals surface area contributed by atoms with Crippen molar-refractivity contribution in [1.29, 1.82) is 0 Å². The van der Waals surface area contributed by atoms with Crippen LogP contribution in [0.2, 0.25) is 0 Å². The Kier molecular flexibility index (Phi) is 3.42. The summed E-state index contributed by atoms with van der Waals surface area (Å²) in [6.45, 7) is 0. The maximum atomic E-state index is 11.1. The van der Waals surface area contributed by atoms with E-state index in [-0.39, 0.29) is 33.1 Å². The van der Waals surface area contributed by atoms with E-state index >= 15 is 0 Å². The van der Waals surface area contributed by atoms with Crippen LogP contribution in [0, 0.1) is 26.1 Å². The van der Waals surface area contributed by atoms with Crippen molar-refractivity contribution in [3.63, 3.8) is 0 Å². The third kappa shape index (κ3) is 2.07. The van der Waals surface area contributed by atoms with E-state index in [0.717, 1.165) is 34.0 Å². The lowest BCUT2D eigenvalue weighted by molar-refractivity contribution is -0.385.